The molecular formula is C21H23N5O3. The van der Waals surface area contributed by atoms with Crippen LogP contribution in [0.5, 0.6) is 5.75 Å². The predicted octanol–water partition coefficient (Wildman–Crippen LogP) is 2.56. The summed E-state index contributed by atoms with van der Waals surface area (Å²) in [7, 11) is 0. The molecule has 0 aliphatic carbocycles. The summed E-state index contributed by atoms with van der Waals surface area (Å²) in [6.45, 7) is 5.07. The number of hydrogen-bond acceptors (Lipinski definition) is 5. The van der Waals surface area contributed by atoms with Gasteiger partial charge in [-0.15, -0.1) is 0 Å². The number of hydrogen-bond donors (Lipinski definition) is 2. The highest BCUT2D eigenvalue weighted by Crippen LogP contribution is 2.14. The molecule has 2 N–H and O–H groups in total. The van der Waals surface area contributed by atoms with Gasteiger partial charge in [0.05, 0.1) is 12.3 Å². The third kappa shape index (κ3) is 5.90. The van der Waals surface area contributed by atoms with Crippen LogP contribution < -0.4 is 15.4 Å². The Morgan fingerprint density at radius 3 is 2.38 bits per heavy atom. The second kappa shape index (κ2) is 9.50. The molecular weight excluding hydrogens is 370 g/mol. The molecule has 2 amide bonds. The van der Waals surface area contributed by atoms with Crippen molar-refractivity contribution in [3.8, 4) is 11.4 Å². The molecule has 0 unspecified atom stereocenters. The molecule has 0 saturated heterocycles. The van der Waals surface area contributed by atoms with Crippen LogP contribution in [0.2, 0.25) is 0 Å². The summed E-state index contributed by atoms with van der Waals surface area (Å²) in [4.78, 5) is 28.0. The molecule has 0 fully saturated rings. The zero-order valence-electron chi connectivity index (χ0n) is 16.3. The average Bonchev–Trinajstić information content (AvgIpc) is 3.26. The maximum Gasteiger partial charge on any atom is 0.313 e. The van der Waals surface area contributed by atoms with Gasteiger partial charge in [-0.05, 0) is 47.9 Å². The Hall–Kier alpha value is -3.68. The van der Waals surface area contributed by atoms with Gasteiger partial charge >= 0.3 is 11.8 Å². The molecule has 0 radical (unpaired) electrons. The number of ether oxygens (including phenoxy) is 1. The summed E-state index contributed by atoms with van der Waals surface area (Å²) in [5.41, 5.74) is 2.19. The fraction of sp³-hybridized carbons (Fsp3) is 0.238. The van der Waals surface area contributed by atoms with Crippen molar-refractivity contribution in [2.75, 3.05) is 11.9 Å². The van der Waals surface area contributed by atoms with Crippen molar-refractivity contribution < 1.29 is 14.3 Å². The van der Waals surface area contributed by atoms with Gasteiger partial charge in [-0.25, -0.2) is 9.67 Å². The van der Waals surface area contributed by atoms with E-state index in [0.717, 1.165) is 17.0 Å². The minimum absolute atomic E-state index is 0.252. The summed E-state index contributed by atoms with van der Waals surface area (Å²) in [6, 6.07) is 14.3. The Morgan fingerprint density at radius 2 is 1.76 bits per heavy atom. The van der Waals surface area contributed by atoms with Crippen molar-refractivity contribution in [3.05, 3.63) is 66.7 Å². The van der Waals surface area contributed by atoms with Crippen molar-refractivity contribution in [2.45, 2.75) is 20.4 Å². The second-order valence-electron chi connectivity index (χ2n) is 6.87. The van der Waals surface area contributed by atoms with E-state index in [1.54, 1.807) is 35.3 Å². The first-order valence-electron chi connectivity index (χ1n) is 9.27. The maximum absolute atomic E-state index is 12.1. The molecule has 29 heavy (non-hydrogen) atoms. The molecule has 0 spiro atoms. The van der Waals surface area contributed by atoms with E-state index in [1.807, 2.05) is 24.3 Å². The van der Waals surface area contributed by atoms with E-state index in [9.17, 15) is 9.59 Å². The summed E-state index contributed by atoms with van der Waals surface area (Å²) < 4.78 is 7.22. The minimum Gasteiger partial charge on any atom is -0.493 e. The molecule has 3 rings (SSSR count). The van der Waals surface area contributed by atoms with E-state index >= 15 is 0 Å². The average molecular weight is 393 g/mol. The number of amides is 2. The summed E-state index contributed by atoms with van der Waals surface area (Å²) in [6.07, 6.45) is 3.01. The van der Waals surface area contributed by atoms with Crippen molar-refractivity contribution in [3.63, 3.8) is 0 Å². The van der Waals surface area contributed by atoms with Crippen LogP contribution in [0.15, 0.2) is 61.2 Å². The Bertz CT molecular complexity index is 935. The fourth-order valence-electron chi connectivity index (χ4n) is 2.46. The maximum atomic E-state index is 12.1. The molecule has 1 heterocycles. The number of carbonyl (C=O) groups is 2. The highest BCUT2D eigenvalue weighted by Gasteiger charge is 2.13. The molecule has 150 valence electrons. The van der Waals surface area contributed by atoms with Crippen LogP contribution in [0, 0.1) is 5.92 Å². The topological polar surface area (TPSA) is 98.1 Å². The van der Waals surface area contributed by atoms with Gasteiger partial charge in [0.1, 0.15) is 18.4 Å². The normalized spacial score (nSPS) is 10.6. The van der Waals surface area contributed by atoms with E-state index in [2.05, 4.69) is 34.6 Å². The van der Waals surface area contributed by atoms with Crippen LogP contribution in [-0.2, 0) is 16.1 Å². The minimum atomic E-state index is -0.726. The lowest BCUT2D eigenvalue weighted by atomic mass is 10.2. The number of nitrogens with one attached hydrogen (secondary N) is 2. The summed E-state index contributed by atoms with van der Waals surface area (Å²) in [5, 5.41) is 9.21. The molecule has 8 heteroatoms. The van der Waals surface area contributed by atoms with Crippen LogP contribution in [0.25, 0.3) is 5.69 Å². The largest absolute Gasteiger partial charge is 0.493 e. The Labute approximate surface area is 168 Å². The third-order valence-electron chi connectivity index (χ3n) is 3.97. The number of carbonyl (C=O) groups excluding carboxylic acids is 2. The van der Waals surface area contributed by atoms with E-state index < -0.39 is 11.8 Å². The smallest absolute Gasteiger partial charge is 0.313 e. The van der Waals surface area contributed by atoms with Gasteiger partial charge in [0.25, 0.3) is 0 Å². The van der Waals surface area contributed by atoms with Crippen molar-refractivity contribution in [1.82, 2.24) is 20.1 Å². The Morgan fingerprint density at radius 1 is 1.03 bits per heavy atom. The van der Waals surface area contributed by atoms with Crippen molar-refractivity contribution in [1.29, 1.82) is 0 Å². The van der Waals surface area contributed by atoms with Crippen LogP contribution >= 0.6 is 0 Å². The lowest BCUT2D eigenvalue weighted by Crippen LogP contribution is -2.34. The summed E-state index contributed by atoms with van der Waals surface area (Å²) >= 11 is 0. The quantitative estimate of drug-likeness (QED) is 0.601. The molecule has 0 bridgehead atoms. The molecule has 8 nitrogen and oxygen atoms in total. The zero-order chi connectivity index (χ0) is 20.6. The van der Waals surface area contributed by atoms with Crippen LogP contribution in [0.4, 0.5) is 5.69 Å². The number of aromatic nitrogens is 3. The van der Waals surface area contributed by atoms with Gasteiger partial charge in [0.15, 0.2) is 0 Å². The Balaban J connectivity index is 1.47. The first-order chi connectivity index (χ1) is 14.0. The van der Waals surface area contributed by atoms with Crippen LogP contribution in [0.1, 0.15) is 19.4 Å². The lowest BCUT2D eigenvalue weighted by Gasteiger charge is -2.10. The third-order valence-corrected chi connectivity index (χ3v) is 3.97. The van der Waals surface area contributed by atoms with E-state index in [4.69, 9.17) is 4.74 Å². The molecule has 3 aromatic rings. The van der Waals surface area contributed by atoms with Crippen LogP contribution in [0.3, 0.4) is 0 Å². The van der Waals surface area contributed by atoms with Gasteiger partial charge in [-0.2, -0.15) is 5.10 Å². The molecule has 2 aromatic carbocycles. The van der Waals surface area contributed by atoms with E-state index in [0.29, 0.717) is 18.2 Å². The Kier molecular flexibility index (Phi) is 6.57. The SMILES string of the molecule is CC(C)COc1ccc(CNC(=O)C(=O)Nc2ccc(-n3cncn3)cc2)cc1. The first-order valence-corrected chi connectivity index (χ1v) is 9.27. The van der Waals surface area contributed by atoms with Gasteiger partial charge in [0, 0.05) is 12.2 Å². The van der Waals surface area contributed by atoms with Gasteiger partial charge in [0.2, 0.25) is 0 Å². The number of anilines is 1. The number of benzene rings is 2. The molecule has 0 saturated carbocycles. The van der Waals surface area contributed by atoms with Crippen molar-refractivity contribution >= 4 is 17.5 Å². The highest BCUT2D eigenvalue weighted by atomic mass is 16.5. The van der Waals surface area contributed by atoms with Crippen molar-refractivity contribution in [2.24, 2.45) is 5.92 Å². The van der Waals surface area contributed by atoms with Gasteiger partial charge in [-0.1, -0.05) is 26.0 Å². The predicted molar refractivity (Wildman–Crippen MR) is 109 cm³/mol. The highest BCUT2D eigenvalue weighted by molar-refractivity contribution is 6.39. The standard InChI is InChI=1S/C21H23N5O3/c1-15(2)12-29-19-9-3-16(4-10-19)11-23-20(27)21(28)25-17-5-7-18(8-6-17)26-14-22-13-24-26/h3-10,13-15H,11-12H2,1-2H3,(H,23,27)(H,25,28). The van der Waals surface area contributed by atoms with E-state index in [1.165, 1.54) is 6.33 Å². The van der Waals surface area contributed by atoms with Gasteiger partial charge < -0.3 is 15.4 Å². The summed E-state index contributed by atoms with van der Waals surface area (Å²) in [5.74, 6) is -0.201. The van der Waals surface area contributed by atoms with Crippen LogP contribution in [-0.4, -0.2) is 33.2 Å². The monoisotopic (exact) mass is 393 g/mol. The first kappa shape index (κ1) is 20.1. The number of rotatable bonds is 7. The zero-order valence-corrected chi connectivity index (χ0v) is 16.3. The molecule has 0 aliphatic heterocycles. The molecule has 1 aromatic heterocycles. The van der Waals surface area contributed by atoms with Gasteiger partial charge in [-0.3, -0.25) is 9.59 Å². The second-order valence-corrected chi connectivity index (χ2v) is 6.87. The molecule has 0 atom stereocenters. The fourth-order valence-corrected chi connectivity index (χ4v) is 2.46. The molecule has 0 aliphatic rings. The number of nitrogens with zero attached hydrogens (tertiary/aromatic N) is 3. The van der Waals surface area contributed by atoms with E-state index in [-0.39, 0.29) is 6.54 Å². The lowest BCUT2D eigenvalue weighted by molar-refractivity contribution is -0.136.